The van der Waals surface area contributed by atoms with E-state index in [0.717, 1.165) is 23.1 Å². The van der Waals surface area contributed by atoms with Gasteiger partial charge in [-0.3, -0.25) is 0 Å². The van der Waals surface area contributed by atoms with Gasteiger partial charge in [-0.1, -0.05) is 43.7 Å². The van der Waals surface area contributed by atoms with Crippen molar-refractivity contribution in [2.24, 2.45) is 17.6 Å². The zero-order valence-electron chi connectivity index (χ0n) is 11.4. The third-order valence-electron chi connectivity index (χ3n) is 3.80. The Kier molecular flexibility index (Phi) is 4.69. The van der Waals surface area contributed by atoms with E-state index < -0.39 is 0 Å². The van der Waals surface area contributed by atoms with Gasteiger partial charge in [-0.2, -0.15) is 0 Å². The average molecular weight is 297 g/mol. The molecule has 1 fully saturated rings. The van der Waals surface area contributed by atoms with Gasteiger partial charge >= 0.3 is 0 Å². The molecule has 0 radical (unpaired) electrons. The zero-order chi connectivity index (χ0) is 14.0. The van der Waals surface area contributed by atoms with Crippen LogP contribution in [0.25, 0.3) is 0 Å². The number of rotatable bonds is 3. The van der Waals surface area contributed by atoms with Crippen LogP contribution in [0.1, 0.15) is 38.7 Å². The molecule has 0 aromatic heterocycles. The van der Waals surface area contributed by atoms with Crippen molar-refractivity contribution < 1.29 is 0 Å². The summed E-state index contributed by atoms with van der Waals surface area (Å²) >= 11 is 11.3. The SMILES string of the molecule is CC1CC(C)CC(Nc2cccc(Cl)c2C(N)=S)C1. The molecular formula is C15H21ClN2S. The molecule has 0 saturated heterocycles. The van der Waals surface area contributed by atoms with E-state index in [1.165, 1.54) is 19.3 Å². The maximum atomic E-state index is 6.19. The van der Waals surface area contributed by atoms with Crippen LogP contribution < -0.4 is 11.1 Å². The van der Waals surface area contributed by atoms with Crippen LogP contribution in [-0.4, -0.2) is 11.0 Å². The Morgan fingerprint density at radius 3 is 2.47 bits per heavy atom. The van der Waals surface area contributed by atoms with Gasteiger partial charge in [0.25, 0.3) is 0 Å². The first-order valence-corrected chi connectivity index (χ1v) is 7.60. The van der Waals surface area contributed by atoms with E-state index in [4.69, 9.17) is 29.6 Å². The fourth-order valence-corrected chi connectivity index (χ4v) is 3.73. The van der Waals surface area contributed by atoms with E-state index in [1.54, 1.807) is 0 Å². The van der Waals surface area contributed by atoms with Crippen LogP contribution in [0.5, 0.6) is 0 Å². The van der Waals surface area contributed by atoms with Crippen LogP contribution in [0.4, 0.5) is 5.69 Å². The van der Waals surface area contributed by atoms with Gasteiger partial charge < -0.3 is 11.1 Å². The molecule has 104 valence electrons. The number of nitrogens with two attached hydrogens (primary N) is 1. The molecule has 4 heteroatoms. The van der Waals surface area contributed by atoms with E-state index in [9.17, 15) is 0 Å². The molecule has 1 aliphatic rings. The average Bonchev–Trinajstić information content (AvgIpc) is 2.26. The van der Waals surface area contributed by atoms with Crippen LogP contribution in [0, 0.1) is 11.8 Å². The van der Waals surface area contributed by atoms with E-state index in [1.807, 2.05) is 18.2 Å². The fraction of sp³-hybridized carbons (Fsp3) is 0.533. The number of nitrogens with one attached hydrogen (secondary N) is 1. The quantitative estimate of drug-likeness (QED) is 0.821. The molecule has 0 heterocycles. The second kappa shape index (κ2) is 6.10. The number of hydrogen-bond donors (Lipinski definition) is 2. The zero-order valence-corrected chi connectivity index (χ0v) is 13.0. The minimum atomic E-state index is 0.352. The highest BCUT2D eigenvalue weighted by atomic mass is 35.5. The topological polar surface area (TPSA) is 38.0 Å². The Morgan fingerprint density at radius 1 is 1.26 bits per heavy atom. The predicted molar refractivity (Wildman–Crippen MR) is 86.9 cm³/mol. The van der Waals surface area contributed by atoms with Gasteiger partial charge in [-0.15, -0.1) is 0 Å². The van der Waals surface area contributed by atoms with Gasteiger partial charge in [0.1, 0.15) is 4.99 Å². The summed E-state index contributed by atoms with van der Waals surface area (Å²) in [7, 11) is 0. The van der Waals surface area contributed by atoms with Gasteiger partial charge in [-0.25, -0.2) is 0 Å². The predicted octanol–water partition coefficient (Wildman–Crippen LogP) is 4.21. The van der Waals surface area contributed by atoms with Crippen LogP contribution in [0.2, 0.25) is 5.02 Å². The molecule has 1 aliphatic carbocycles. The Labute approximate surface area is 125 Å². The highest BCUT2D eigenvalue weighted by molar-refractivity contribution is 7.80. The molecule has 0 amide bonds. The summed E-state index contributed by atoms with van der Waals surface area (Å²) in [6.07, 6.45) is 3.69. The summed E-state index contributed by atoms with van der Waals surface area (Å²) in [5.41, 5.74) is 7.51. The third-order valence-corrected chi connectivity index (χ3v) is 4.32. The first-order valence-electron chi connectivity index (χ1n) is 6.82. The van der Waals surface area contributed by atoms with Crippen molar-refractivity contribution in [1.29, 1.82) is 0 Å². The Bertz CT molecular complexity index is 465. The number of halogens is 1. The Balaban J connectivity index is 2.19. The lowest BCUT2D eigenvalue weighted by molar-refractivity contribution is 0.281. The molecule has 2 rings (SSSR count). The molecule has 0 bridgehead atoms. The van der Waals surface area contributed by atoms with Crippen molar-refractivity contribution in [2.45, 2.75) is 39.2 Å². The highest BCUT2D eigenvalue weighted by Gasteiger charge is 2.24. The largest absolute Gasteiger partial charge is 0.389 e. The Hall–Kier alpha value is -0.800. The minimum Gasteiger partial charge on any atom is -0.389 e. The maximum absolute atomic E-state index is 6.19. The number of anilines is 1. The summed E-state index contributed by atoms with van der Waals surface area (Å²) in [5, 5.41) is 4.20. The summed E-state index contributed by atoms with van der Waals surface area (Å²) in [5.74, 6) is 1.52. The monoisotopic (exact) mass is 296 g/mol. The molecule has 0 spiro atoms. The lowest BCUT2D eigenvalue weighted by atomic mass is 9.80. The molecule has 1 saturated carbocycles. The van der Waals surface area contributed by atoms with E-state index in [2.05, 4.69) is 19.2 Å². The summed E-state index contributed by atoms with van der Waals surface area (Å²) < 4.78 is 0. The van der Waals surface area contributed by atoms with Crippen molar-refractivity contribution in [3.05, 3.63) is 28.8 Å². The normalized spacial score (nSPS) is 27.0. The van der Waals surface area contributed by atoms with Crippen molar-refractivity contribution in [3.63, 3.8) is 0 Å². The third kappa shape index (κ3) is 3.61. The maximum Gasteiger partial charge on any atom is 0.107 e. The molecule has 2 nitrogen and oxygen atoms in total. The first kappa shape index (κ1) is 14.6. The number of benzene rings is 1. The smallest absolute Gasteiger partial charge is 0.107 e. The first-order chi connectivity index (χ1) is 8.97. The minimum absolute atomic E-state index is 0.352. The van der Waals surface area contributed by atoms with Gasteiger partial charge in [0.15, 0.2) is 0 Å². The summed E-state index contributed by atoms with van der Waals surface area (Å²) in [6.45, 7) is 4.63. The molecule has 0 aliphatic heterocycles. The van der Waals surface area contributed by atoms with Crippen molar-refractivity contribution in [1.82, 2.24) is 0 Å². The van der Waals surface area contributed by atoms with Gasteiger partial charge in [-0.05, 0) is 43.2 Å². The number of hydrogen-bond acceptors (Lipinski definition) is 2. The summed E-state index contributed by atoms with van der Waals surface area (Å²) in [6, 6.07) is 6.24. The second-order valence-electron chi connectivity index (χ2n) is 5.79. The van der Waals surface area contributed by atoms with Crippen LogP contribution in [0.3, 0.4) is 0 Å². The second-order valence-corrected chi connectivity index (χ2v) is 6.63. The van der Waals surface area contributed by atoms with E-state index >= 15 is 0 Å². The molecule has 1 aromatic rings. The van der Waals surface area contributed by atoms with E-state index in [-0.39, 0.29) is 0 Å². The van der Waals surface area contributed by atoms with Gasteiger partial charge in [0, 0.05) is 11.7 Å². The molecule has 3 N–H and O–H groups in total. The lowest BCUT2D eigenvalue weighted by Crippen LogP contribution is -2.31. The fourth-order valence-electron chi connectivity index (χ4n) is 3.18. The van der Waals surface area contributed by atoms with Gasteiger partial charge in [0.05, 0.1) is 10.6 Å². The van der Waals surface area contributed by atoms with E-state index in [0.29, 0.717) is 16.1 Å². The number of thiocarbonyl (C=S) groups is 1. The van der Waals surface area contributed by atoms with Crippen LogP contribution >= 0.6 is 23.8 Å². The van der Waals surface area contributed by atoms with Crippen molar-refractivity contribution in [3.8, 4) is 0 Å². The Morgan fingerprint density at radius 2 is 1.89 bits per heavy atom. The van der Waals surface area contributed by atoms with Crippen LogP contribution in [0.15, 0.2) is 18.2 Å². The molecule has 2 atom stereocenters. The van der Waals surface area contributed by atoms with Crippen molar-refractivity contribution >= 4 is 34.5 Å². The molecule has 2 unspecified atom stereocenters. The van der Waals surface area contributed by atoms with Gasteiger partial charge in [0.2, 0.25) is 0 Å². The summed E-state index contributed by atoms with van der Waals surface area (Å²) in [4.78, 5) is 0.352. The molecule has 19 heavy (non-hydrogen) atoms. The highest BCUT2D eigenvalue weighted by Crippen LogP contribution is 2.32. The molecule has 1 aromatic carbocycles. The van der Waals surface area contributed by atoms with Crippen molar-refractivity contribution in [2.75, 3.05) is 5.32 Å². The lowest BCUT2D eigenvalue weighted by Gasteiger charge is -2.33. The molecular weight excluding hydrogens is 276 g/mol. The van der Waals surface area contributed by atoms with Crippen LogP contribution in [-0.2, 0) is 0 Å². The standard InChI is InChI=1S/C15H21ClN2S/c1-9-6-10(2)8-11(7-9)18-13-5-3-4-12(16)14(13)15(17)19/h3-5,9-11,18H,6-8H2,1-2H3,(H2,17,19).